The van der Waals surface area contributed by atoms with Crippen LogP contribution in [0.2, 0.25) is 5.02 Å². The number of benzene rings is 2. The van der Waals surface area contributed by atoms with Crippen LogP contribution in [0.15, 0.2) is 58.4 Å². The number of amides is 1. The molecule has 2 aromatic carbocycles. The average molecular weight is 472 g/mol. The molecular formula is C20H17ClF3N3O3S. The molecule has 2 aliphatic rings. The van der Waals surface area contributed by atoms with Crippen LogP contribution in [0.5, 0.6) is 0 Å². The van der Waals surface area contributed by atoms with Gasteiger partial charge >= 0.3 is 6.18 Å². The molecule has 1 spiro atoms. The summed E-state index contributed by atoms with van der Waals surface area (Å²) >= 11 is 5.98. The van der Waals surface area contributed by atoms with Crippen LogP contribution in [0, 0.1) is 0 Å². The van der Waals surface area contributed by atoms with Crippen molar-refractivity contribution in [1.29, 1.82) is 0 Å². The zero-order valence-corrected chi connectivity index (χ0v) is 17.6. The SMILES string of the molecule is O=C1NC2(CCN(S(=O)(=O)c3cccc(C(F)(F)F)c3)CC2)N=C1c1cccc(Cl)c1. The van der Waals surface area contributed by atoms with Crippen molar-refractivity contribution in [3.8, 4) is 0 Å². The molecule has 164 valence electrons. The maximum absolute atomic E-state index is 13.0. The van der Waals surface area contributed by atoms with Crippen LogP contribution < -0.4 is 5.32 Å². The predicted octanol–water partition coefficient (Wildman–Crippen LogP) is 3.46. The van der Waals surface area contributed by atoms with Crippen LogP contribution in [0.1, 0.15) is 24.0 Å². The Morgan fingerprint density at radius 2 is 1.74 bits per heavy atom. The Morgan fingerprint density at radius 3 is 2.39 bits per heavy atom. The van der Waals surface area contributed by atoms with Crippen LogP contribution >= 0.6 is 11.6 Å². The first-order chi connectivity index (χ1) is 14.5. The number of aliphatic imine (C=N–C) groups is 1. The Morgan fingerprint density at radius 1 is 1.06 bits per heavy atom. The summed E-state index contributed by atoms with van der Waals surface area (Å²) in [7, 11) is -4.12. The predicted molar refractivity (Wildman–Crippen MR) is 108 cm³/mol. The largest absolute Gasteiger partial charge is 0.416 e. The number of carbonyl (C=O) groups is 1. The second-order valence-electron chi connectivity index (χ2n) is 7.39. The van der Waals surface area contributed by atoms with E-state index >= 15 is 0 Å². The third-order valence-electron chi connectivity index (χ3n) is 5.33. The maximum Gasteiger partial charge on any atom is 0.416 e. The topological polar surface area (TPSA) is 78.8 Å². The fourth-order valence-electron chi connectivity index (χ4n) is 3.71. The second-order valence-corrected chi connectivity index (χ2v) is 9.76. The number of hydrogen-bond acceptors (Lipinski definition) is 4. The third kappa shape index (κ3) is 4.19. The highest BCUT2D eigenvalue weighted by Gasteiger charge is 2.44. The minimum absolute atomic E-state index is 0.00514. The molecule has 0 aliphatic carbocycles. The second kappa shape index (κ2) is 7.61. The van der Waals surface area contributed by atoms with Crippen molar-refractivity contribution in [3.63, 3.8) is 0 Å². The van der Waals surface area contributed by atoms with Crippen molar-refractivity contribution in [3.05, 3.63) is 64.7 Å². The van der Waals surface area contributed by atoms with Crippen molar-refractivity contribution >= 4 is 33.2 Å². The number of nitrogens with one attached hydrogen (secondary N) is 1. The van der Waals surface area contributed by atoms with Gasteiger partial charge in [-0.25, -0.2) is 8.42 Å². The van der Waals surface area contributed by atoms with Crippen molar-refractivity contribution in [2.75, 3.05) is 13.1 Å². The van der Waals surface area contributed by atoms with Crippen molar-refractivity contribution in [2.45, 2.75) is 29.6 Å². The average Bonchev–Trinajstić information content (AvgIpc) is 3.03. The van der Waals surface area contributed by atoms with Gasteiger partial charge in [0.05, 0.1) is 10.5 Å². The van der Waals surface area contributed by atoms with Gasteiger partial charge in [0.25, 0.3) is 5.91 Å². The van der Waals surface area contributed by atoms with E-state index in [1.165, 1.54) is 0 Å². The molecule has 11 heteroatoms. The molecule has 0 saturated carbocycles. The minimum atomic E-state index is -4.64. The quantitative estimate of drug-likeness (QED) is 0.744. The van der Waals surface area contributed by atoms with E-state index < -0.39 is 32.3 Å². The molecule has 0 aromatic heterocycles. The summed E-state index contributed by atoms with van der Waals surface area (Å²) in [5.74, 6) is -0.378. The number of carbonyl (C=O) groups excluding carboxylic acids is 1. The molecule has 0 unspecified atom stereocenters. The first kappa shape index (κ1) is 21.8. The fourth-order valence-corrected chi connectivity index (χ4v) is 5.39. The standard InChI is InChI=1S/C20H17ClF3N3O3S/c21-15-5-1-3-13(11-15)17-18(28)26-19(25-17)7-9-27(10-8-19)31(29,30)16-6-2-4-14(12-16)20(22,23)24/h1-6,11-12H,7-10H2,(H,26,28). The number of halogens is 4. The van der Waals surface area contributed by atoms with Crippen LogP contribution in [-0.2, 0) is 21.0 Å². The van der Waals surface area contributed by atoms with Crippen molar-refractivity contribution in [2.24, 2.45) is 4.99 Å². The van der Waals surface area contributed by atoms with Gasteiger partial charge in [-0.1, -0.05) is 29.8 Å². The summed E-state index contributed by atoms with van der Waals surface area (Å²) in [6, 6.07) is 10.4. The Kier molecular flexibility index (Phi) is 5.35. The lowest BCUT2D eigenvalue weighted by atomic mass is 10.00. The van der Waals surface area contributed by atoms with E-state index in [9.17, 15) is 26.4 Å². The minimum Gasteiger partial charge on any atom is -0.326 e. The van der Waals surface area contributed by atoms with Crippen LogP contribution in [0.4, 0.5) is 13.2 Å². The molecule has 2 aromatic rings. The first-order valence-corrected chi connectivity index (χ1v) is 11.2. The molecule has 6 nitrogen and oxygen atoms in total. The Balaban J connectivity index is 1.54. The molecule has 2 aliphatic heterocycles. The van der Waals surface area contributed by atoms with E-state index in [0.717, 1.165) is 22.5 Å². The van der Waals surface area contributed by atoms with Gasteiger partial charge in [0, 0.05) is 36.5 Å². The number of sulfonamides is 1. The van der Waals surface area contributed by atoms with Crippen molar-refractivity contribution < 1.29 is 26.4 Å². The summed E-state index contributed by atoms with van der Waals surface area (Å²) in [6.45, 7) is 0.0103. The van der Waals surface area contributed by atoms with E-state index in [1.54, 1.807) is 24.3 Å². The number of hydrogen-bond donors (Lipinski definition) is 1. The van der Waals surface area contributed by atoms with Gasteiger partial charge in [0.1, 0.15) is 11.4 Å². The molecule has 0 radical (unpaired) electrons. The molecule has 1 N–H and O–H groups in total. The molecule has 2 heterocycles. The highest BCUT2D eigenvalue weighted by Crippen LogP contribution is 2.34. The number of piperidine rings is 1. The van der Waals surface area contributed by atoms with Gasteiger partial charge in [-0.05, 0) is 30.3 Å². The molecular weight excluding hydrogens is 455 g/mol. The van der Waals surface area contributed by atoms with E-state index in [-0.39, 0.29) is 37.6 Å². The molecule has 0 bridgehead atoms. The monoisotopic (exact) mass is 471 g/mol. The van der Waals surface area contributed by atoms with Crippen LogP contribution in [0.3, 0.4) is 0 Å². The molecule has 0 atom stereocenters. The Hall–Kier alpha value is -2.43. The summed E-state index contributed by atoms with van der Waals surface area (Å²) in [4.78, 5) is 16.6. The maximum atomic E-state index is 13.0. The highest BCUT2D eigenvalue weighted by molar-refractivity contribution is 7.89. The number of nitrogens with zero attached hydrogens (tertiary/aromatic N) is 2. The third-order valence-corrected chi connectivity index (χ3v) is 7.46. The molecule has 1 fully saturated rings. The summed E-state index contributed by atoms with van der Waals surface area (Å²) in [5, 5.41) is 3.28. The van der Waals surface area contributed by atoms with Crippen LogP contribution in [-0.4, -0.2) is 43.1 Å². The van der Waals surface area contributed by atoms with E-state index in [0.29, 0.717) is 16.7 Å². The van der Waals surface area contributed by atoms with Crippen LogP contribution in [0.25, 0.3) is 0 Å². The zero-order chi connectivity index (χ0) is 22.4. The highest BCUT2D eigenvalue weighted by atomic mass is 35.5. The lowest BCUT2D eigenvalue weighted by molar-refractivity contribution is -0.137. The summed E-state index contributed by atoms with van der Waals surface area (Å²) in [5.41, 5.74) is -1.20. The lowest BCUT2D eigenvalue weighted by Crippen LogP contribution is -2.52. The van der Waals surface area contributed by atoms with E-state index in [2.05, 4.69) is 10.3 Å². The lowest BCUT2D eigenvalue weighted by Gasteiger charge is -2.36. The Labute approximate surface area is 181 Å². The molecule has 4 rings (SSSR count). The van der Waals surface area contributed by atoms with Gasteiger partial charge in [0.15, 0.2) is 0 Å². The smallest absolute Gasteiger partial charge is 0.326 e. The van der Waals surface area contributed by atoms with Gasteiger partial charge in [-0.2, -0.15) is 17.5 Å². The normalized spacial score (nSPS) is 19.4. The van der Waals surface area contributed by atoms with E-state index in [4.69, 9.17) is 11.6 Å². The first-order valence-electron chi connectivity index (χ1n) is 9.36. The number of rotatable bonds is 3. The summed E-state index contributed by atoms with van der Waals surface area (Å²) in [6.07, 6.45) is -4.25. The van der Waals surface area contributed by atoms with Gasteiger partial charge in [-0.15, -0.1) is 0 Å². The molecule has 1 amide bonds. The van der Waals surface area contributed by atoms with Gasteiger partial charge < -0.3 is 5.32 Å². The Bertz CT molecular complexity index is 1170. The van der Waals surface area contributed by atoms with Gasteiger partial charge in [0.2, 0.25) is 10.0 Å². The fraction of sp³-hybridized carbons (Fsp3) is 0.300. The molecule has 1 saturated heterocycles. The van der Waals surface area contributed by atoms with Gasteiger partial charge in [-0.3, -0.25) is 9.79 Å². The zero-order valence-electron chi connectivity index (χ0n) is 16.0. The van der Waals surface area contributed by atoms with E-state index in [1.807, 2.05) is 0 Å². The van der Waals surface area contributed by atoms with Crippen molar-refractivity contribution in [1.82, 2.24) is 9.62 Å². The number of alkyl halides is 3. The summed E-state index contributed by atoms with van der Waals surface area (Å²) < 4.78 is 65.8. The molecule has 31 heavy (non-hydrogen) atoms.